The quantitative estimate of drug-likeness (QED) is 0.278. The zero-order valence-corrected chi connectivity index (χ0v) is 23.5. The Hall–Kier alpha value is -3.11. The van der Waals surface area contributed by atoms with E-state index in [2.05, 4.69) is 74.6 Å². The molecule has 1 unspecified atom stereocenters. The van der Waals surface area contributed by atoms with Crippen LogP contribution in [0.25, 0.3) is 11.1 Å². The second-order valence-corrected chi connectivity index (χ2v) is 12.2. The first-order valence-corrected chi connectivity index (χ1v) is 14.0. The van der Waals surface area contributed by atoms with Crippen molar-refractivity contribution in [3.05, 3.63) is 81.9 Å². The van der Waals surface area contributed by atoms with Crippen LogP contribution in [0, 0.1) is 26.2 Å². The summed E-state index contributed by atoms with van der Waals surface area (Å²) < 4.78 is 5.96. The molecule has 0 saturated heterocycles. The number of ether oxygens (including phenoxy) is 1. The molecular formula is C34H41NO3. The highest BCUT2D eigenvalue weighted by molar-refractivity contribution is 5.75. The smallest absolute Gasteiger partial charge is 0.120 e. The highest BCUT2D eigenvalue weighted by Crippen LogP contribution is 2.64. The Bertz CT molecular complexity index is 1320. The van der Waals surface area contributed by atoms with Crippen molar-refractivity contribution in [2.24, 2.45) is 5.41 Å². The number of benzene rings is 3. The van der Waals surface area contributed by atoms with Crippen LogP contribution in [0.1, 0.15) is 78.8 Å². The lowest BCUT2D eigenvalue weighted by molar-refractivity contribution is -0.108. The van der Waals surface area contributed by atoms with Crippen LogP contribution >= 0.6 is 0 Å². The molecule has 3 aromatic rings. The summed E-state index contributed by atoms with van der Waals surface area (Å²) in [7, 11) is 0. The maximum atomic E-state index is 11.3. The van der Waals surface area contributed by atoms with Crippen LogP contribution in [0.2, 0.25) is 0 Å². The van der Waals surface area contributed by atoms with Crippen molar-refractivity contribution in [1.82, 2.24) is 0 Å². The number of hydrogen-bond donors (Lipinski definition) is 2. The number of rotatable bonds is 10. The molecule has 0 amide bonds. The van der Waals surface area contributed by atoms with Gasteiger partial charge in [0.15, 0.2) is 0 Å². The Balaban J connectivity index is 1.31. The number of anilines is 1. The lowest BCUT2D eigenvalue weighted by Gasteiger charge is -2.20. The molecule has 38 heavy (non-hydrogen) atoms. The summed E-state index contributed by atoms with van der Waals surface area (Å²) >= 11 is 0. The lowest BCUT2D eigenvalue weighted by atomic mass is 9.87. The minimum atomic E-state index is -0.729. The van der Waals surface area contributed by atoms with E-state index < -0.39 is 5.60 Å². The molecule has 200 valence electrons. The van der Waals surface area contributed by atoms with Gasteiger partial charge in [0.2, 0.25) is 0 Å². The molecule has 1 saturated carbocycles. The molecule has 5 rings (SSSR count). The van der Waals surface area contributed by atoms with Gasteiger partial charge >= 0.3 is 0 Å². The fraction of sp³-hybridized carbons (Fsp3) is 0.441. The summed E-state index contributed by atoms with van der Waals surface area (Å²) in [5.74, 6) is 1.26. The SMILES string of the molecule is Cc1cc(OCCC(C)(C)O)cc(C)c1-c1cccc(CNc2ccc3c(c2)CC2(CC2)C3CC=O)c1C. The van der Waals surface area contributed by atoms with Crippen LogP contribution in [-0.4, -0.2) is 23.6 Å². The van der Waals surface area contributed by atoms with E-state index in [0.29, 0.717) is 30.8 Å². The van der Waals surface area contributed by atoms with Crippen molar-refractivity contribution in [2.45, 2.75) is 84.8 Å². The number of nitrogens with one attached hydrogen (secondary N) is 1. The predicted molar refractivity (Wildman–Crippen MR) is 155 cm³/mol. The Morgan fingerprint density at radius 3 is 2.47 bits per heavy atom. The molecule has 2 N–H and O–H groups in total. The van der Waals surface area contributed by atoms with Crippen molar-refractivity contribution >= 4 is 12.0 Å². The molecule has 0 bridgehead atoms. The van der Waals surface area contributed by atoms with E-state index in [1.165, 1.54) is 57.3 Å². The second-order valence-electron chi connectivity index (χ2n) is 12.2. The third-order valence-electron chi connectivity index (χ3n) is 8.71. The number of aldehydes is 1. The first-order chi connectivity index (χ1) is 18.1. The summed E-state index contributed by atoms with van der Waals surface area (Å²) in [6.45, 7) is 11.4. The van der Waals surface area contributed by atoms with E-state index in [1.807, 2.05) is 0 Å². The Morgan fingerprint density at radius 2 is 1.82 bits per heavy atom. The molecule has 4 nitrogen and oxygen atoms in total. The van der Waals surface area contributed by atoms with E-state index in [-0.39, 0.29) is 0 Å². The van der Waals surface area contributed by atoms with Gasteiger partial charge in [0.05, 0.1) is 12.2 Å². The summed E-state index contributed by atoms with van der Waals surface area (Å²) in [5.41, 5.74) is 11.0. The van der Waals surface area contributed by atoms with Gasteiger partial charge in [-0.3, -0.25) is 0 Å². The van der Waals surface area contributed by atoms with Crippen molar-refractivity contribution in [2.75, 3.05) is 11.9 Å². The zero-order chi connectivity index (χ0) is 27.1. The number of fused-ring (bicyclic) bond motifs is 1. The average Bonchev–Trinajstić information content (AvgIpc) is 3.55. The van der Waals surface area contributed by atoms with Gasteiger partial charge in [-0.15, -0.1) is 0 Å². The van der Waals surface area contributed by atoms with Crippen LogP contribution in [0.15, 0.2) is 48.5 Å². The minimum absolute atomic E-state index is 0.360. The van der Waals surface area contributed by atoms with Crippen LogP contribution < -0.4 is 10.1 Å². The molecule has 1 fully saturated rings. The fourth-order valence-corrected chi connectivity index (χ4v) is 6.39. The third kappa shape index (κ3) is 5.37. The van der Waals surface area contributed by atoms with Gasteiger partial charge in [-0.1, -0.05) is 24.3 Å². The summed E-state index contributed by atoms with van der Waals surface area (Å²) in [6, 6.07) is 17.5. The van der Waals surface area contributed by atoms with Crippen LogP contribution in [-0.2, 0) is 17.8 Å². The molecule has 0 radical (unpaired) electrons. The predicted octanol–water partition coefficient (Wildman–Crippen LogP) is 7.44. The third-order valence-corrected chi connectivity index (χ3v) is 8.71. The molecule has 2 aliphatic carbocycles. The topological polar surface area (TPSA) is 58.6 Å². The summed E-state index contributed by atoms with van der Waals surface area (Å²) in [4.78, 5) is 11.3. The maximum Gasteiger partial charge on any atom is 0.120 e. The highest BCUT2D eigenvalue weighted by atomic mass is 16.5. The van der Waals surface area contributed by atoms with Crippen molar-refractivity contribution in [3.63, 3.8) is 0 Å². The number of carbonyl (C=O) groups is 1. The molecule has 1 atom stereocenters. The molecule has 0 aliphatic heterocycles. The monoisotopic (exact) mass is 511 g/mol. The van der Waals surface area contributed by atoms with Gasteiger partial charge in [0, 0.05) is 25.1 Å². The van der Waals surface area contributed by atoms with Gasteiger partial charge < -0.3 is 20.0 Å². The molecular weight excluding hydrogens is 470 g/mol. The van der Waals surface area contributed by atoms with E-state index in [0.717, 1.165) is 30.7 Å². The molecule has 1 spiro atoms. The van der Waals surface area contributed by atoms with Crippen LogP contribution in [0.3, 0.4) is 0 Å². The zero-order valence-electron chi connectivity index (χ0n) is 23.5. The van der Waals surface area contributed by atoms with Gasteiger partial charge in [-0.25, -0.2) is 0 Å². The normalized spacial score (nSPS) is 17.4. The van der Waals surface area contributed by atoms with Gasteiger partial charge in [0.25, 0.3) is 0 Å². The fourth-order valence-electron chi connectivity index (χ4n) is 6.39. The molecule has 0 aromatic heterocycles. The molecule has 3 aromatic carbocycles. The Labute approximate surface area is 227 Å². The van der Waals surface area contributed by atoms with Crippen molar-refractivity contribution < 1.29 is 14.6 Å². The lowest BCUT2D eigenvalue weighted by Crippen LogP contribution is -2.21. The molecule has 0 heterocycles. The number of aliphatic hydroxyl groups is 1. The number of aryl methyl sites for hydroxylation is 2. The first-order valence-electron chi connectivity index (χ1n) is 14.0. The molecule has 4 heteroatoms. The first kappa shape index (κ1) is 26.5. The van der Waals surface area contributed by atoms with Crippen molar-refractivity contribution in [3.8, 4) is 16.9 Å². The number of carbonyl (C=O) groups excluding carboxylic acids is 1. The van der Waals surface area contributed by atoms with Crippen LogP contribution in [0.4, 0.5) is 5.69 Å². The average molecular weight is 512 g/mol. The maximum absolute atomic E-state index is 11.3. The van der Waals surface area contributed by atoms with E-state index in [1.54, 1.807) is 13.8 Å². The molecule has 2 aliphatic rings. The number of hydrogen-bond acceptors (Lipinski definition) is 4. The van der Waals surface area contributed by atoms with Gasteiger partial charge in [-0.05, 0) is 134 Å². The van der Waals surface area contributed by atoms with E-state index >= 15 is 0 Å². The van der Waals surface area contributed by atoms with Crippen molar-refractivity contribution in [1.29, 1.82) is 0 Å². The summed E-state index contributed by atoms with van der Waals surface area (Å²) in [6.07, 6.45) is 5.96. The highest BCUT2D eigenvalue weighted by Gasteiger charge is 2.53. The van der Waals surface area contributed by atoms with Gasteiger partial charge in [0.1, 0.15) is 12.0 Å². The standard InChI is InChI=1S/C34H41NO3/c1-22-17-28(38-16-14-33(4,5)37)18-23(2)32(22)29-8-6-7-25(24(29)3)21-35-27-9-10-30-26(19-27)20-34(12-13-34)31(30)11-15-36/h6-10,15,17-19,31,35,37H,11-14,16,20-21H2,1-5H3. The van der Waals surface area contributed by atoms with E-state index in [9.17, 15) is 9.90 Å². The minimum Gasteiger partial charge on any atom is -0.493 e. The van der Waals surface area contributed by atoms with Crippen LogP contribution in [0.5, 0.6) is 5.75 Å². The largest absolute Gasteiger partial charge is 0.493 e. The van der Waals surface area contributed by atoms with Gasteiger partial charge in [-0.2, -0.15) is 0 Å². The van der Waals surface area contributed by atoms with E-state index in [4.69, 9.17) is 4.74 Å². The summed E-state index contributed by atoms with van der Waals surface area (Å²) in [5, 5.41) is 13.6. The Morgan fingerprint density at radius 1 is 1.08 bits per heavy atom. The Kier molecular flexibility index (Phi) is 7.13. The second kappa shape index (κ2) is 10.2.